The van der Waals surface area contributed by atoms with Crippen LogP contribution in [0, 0.1) is 0 Å². The average molecular weight is 285 g/mol. The summed E-state index contributed by atoms with van der Waals surface area (Å²) in [4.78, 5) is 2.37. The van der Waals surface area contributed by atoms with Gasteiger partial charge in [0.05, 0.1) is 12.8 Å². The van der Waals surface area contributed by atoms with Crippen LogP contribution in [0.1, 0.15) is 6.92 Å². The van der Waals surface area contributed by atoms with Crippen molar-refractivity contribution in [2.75, 3.05) is 31.6 Å². The molecule has 1 heterocycles. The Morgan fingerprint density at radius 2 is 2.31 bits per heavy atom. The van der Waals surface area contributed by atoms with Crippen LogP contribution in [-0.2, 0) is 0 Å². The normalized spacial score (nSPS) is 20.9. The monoisotopic (exact) mass is 284 g/mol. The molecule has 1 aliphatic heterocycles. The van der Waals surface area contributed by atoms with Gasteiger partial charge in [0.15, 0.2) is 0 Å². The van der Waals surface area contributed by atoms with E-state index in [9.17, 15) is 0 Å². The lowest BCUT2D eigenvalue weighted by molar-refractivity contribution is 0.410. The summed E-state index contributed by atoms with van der Waals surface area (Å²) < 4.78 is 6.50. The van der Waals surface area contributed by atoms with Gasteiger partial charge >= 0.3 is 0 Å². The maximum Gasteiger partial charge on any atom is 0.142 e. The van der Waals surface area contributed by atoms with E-state index in [0.29, 0.717) is 6.04 Å². The van der Waals surface area contributed by atoms with Crippen molar-refractivity contribution in [1.82, 2.24) is 5.32 Å². The van der Waals surface area contributed by atoms with Crippen LogP contribution in [0.5, 0.6) is 5.75 Å². The molecule has 0 amide bonds. The molecule has 0 radical (unpaired) electrons. The van der Waals surface area contributed by atoms with Crippen LogP contribution in [0.15, 0.2) is 22.7 Å². The van der Waals surface area contributed by atoms with Crippen LogP contribution >= 0.6 is 15.9 Å². The Kier molecular flexibility index (Phi) is 3.71. The Morgan fingerprint density at radius 1 is 1.50 bits per heavy atom. The molecule has 4 heteroatoms. The number of halogens is 1. The fraction of sp³-hybridized carbons (Fsp3) is 0.500. The van der Waals surface area contributed by atoms with Gasteiger partial charge in [-0.2, -0.15) is 0 Å². The molecule has 0 aromatic heterocycles. The van der Waals surface area contributed by atoms with Gasteiger partial charge in [0.2, 0.25) is 0 Å². The predicted octanol–water partition coefficient (Wildman–Crippen LogP) is 2.26. The number of hydrogen-bond acceptors (Lipinski definition) is 3. The van der Waals surface area contributed by atoms with Gasteiger partial charge < -0.3 is 15.0 Å². The lowest BCUT2D eigenvalue weighted by Crippen LogP contribution is -2.49. The first-order valence-corrected chi connectivity index (χ1v) is 6.32. The van der Waals surface area contributed by atoms with Crippen molar-refractivity contribution in [3.63, 3.8) is 0 Å². The van der Waals surface area contributed by atoms with Gasteiger partial charge in [-0.25, -0.2) is 0 Å². The Labute approximate surface area is 105 Å². The van der Waals surface area contributed by atoms with Gasteiger partial charge in [0, 0.05) is 30.1 Å². The number of nitrogens with zero attached hydrogens (tertiary/aromatic N) is 1. The van der Waals surface area contributed by atoms with E-state index < -0.39 is 0 Å². The van der Waals surface area contributed by atoms with E-state index in [0.717, 1.165) is 29.9 Å². The van der Waals surface area contributed by atoms with Gasteiger partial charge in [-0.05, 0) is 25.1 Å². The summed E-state index contributed by atoms with van der Waals surface area (Å²) in [6.45, 7) is 5.28. The van der Waals surface area contributed by atoms with Crippen molar-refractivity contribution in [2.45, 2.75) is 13.0 Å². The van der Waals surface area contributed by atoms with E-state index in [2.05, 4.69) is 39.1 Å². The van der Waals surface area contributed by atoms with Crippen LogP contribution in [0.2, 0.25) is 0 Å². The van der Waals surface area contributed by atoms with Crippen molar-refractivity contribution in [3.8, 4) is 5.75 Å². The molecular weight excluding hydrogens is 268 g/mol. The number of benzene rings is 1. The zero-order chi connectivity index (χ0) is 11.5. The van der Waals surface area contributed by atoms with E-state index in [1.165, 1.54) is 5.69 Å². The second kappa shape index (κ2) is 5.06. The third-order valence-corrected chi connectivity index (χ3v) is 3.34. The zero-order valence-corrected chi connectivity index (χ0v) is 11.3. The number of piperazine rings is 1. The zero-order valence-electron chi connectivity index (χ0n) is 9.66. The van der Waals surface area contributed by atoms with Crippen LogP contribution < -0.4 is 15.0 Å². The quantitative estimate of drug-likeness (QED) is 0.902. The maximum absolute atomic E-state index is 5.41. The molecule has 1 aromatic carbocycles. The largest absolute Gasteiger partial charge is 0.495 e. The highest BCUT2D eigenvalue weighted by atomic mass is 79.9. The Balaban J connectivity index is 2.26. The smallest absolute Gasteiger partial charge is 0.142 e. The van der Waals surface area contributed by atoms with Crippen molar-refractivity contribution in [2.24, 2.45) is 0 Å². The summed E-state index contributed by atoms with van der Waals surface area (Å²) in [7, 11) is 1.72. The van der Waals surface area contributed by atoms with E-state index in [1.807, 2.05) is 12.1 Å². The molecule has 0 spiro atoms. The molecule has 1 N–H and O–H groups in total. The molecule has 88 valence electrons. The number of ether oxygens (including phenoxy) is 1. The highest BCUT2D eigenvalue weighted by Crippen LogP contribution is 2.31. The first-order chi connectivity index (χ1) is 7.70. The molecule has 0 aliphatic carbocycles. The summed E-state index contributed by atoms with van der Waals surface area (Å²) in [6, 6.07) is 6.66. The predicted molar refractivity (Wildman–Crippen MR) is 70.4 cm³/mol. The number of nitrogens with one attached hydrogen (secondary N) is 1. The molecule has 2 rings (SSSR count). The van der Waals surface area contributed by atoms with Crippen LogP contribution in [0.3, 0.4) is 0 Å². The van der Waals surface area contributed by atoms with Crippen molar-refractivity contribution < 1.29 is 4.74 Å². The fourth-order valence-corrected chi connectivity index (χ4v) is 2.41. The van der Waals surface area contributed by atoms with Gasteiger partial charge in [-0.15, -0.1) is 0 Å². The summed E-state index contributed by atoms with van der Waals surface area (Å²) >= 11 is 3.51. The van der Waals surface area contributed by atoms with E-state index >= 15 is 0 Å². The highest BCUT2D eigenvalue weighted by molar-refractivity contribution is 9.10. The third-order valence-electron chi connectivity index (χ3n) is 2.85. The third kappa shape index (κ3) is 2.50. The Morgan fingerprint density at radius 3 is 3.00 bits per heavy atom. The van der Waals surface area contributed by atoms with Gasteiger partial charge in [-0.1, -0.05) is 15.9 Å². The van der Waals surface area contributed by atoms with Crippen molar-refractivity contribution in [1.29, 1.82) is 0 Å². The maximum atomic E-state index is 5.41. The molecule has 3 nitrogen and oxygen atoms in total. The SMILES string of the molecule is COc1ccc(Br)cc1N1CCNC(C)C1. The van der Waals surface area contributed by atoms with E-state index in [1.54, 1.807) is 7.11 Å². The van der Waals surface area contributed by atoms with Gasteiger partial charge in [0.1, 0.15) is 5.75 Å². The van der Waals surface area contributed by atoms with Crippen LogP contribution in [0.4, 0.5) is 5.69 Å². The number of anilines is 1. The minimum absolute atomic E-state index is 0.525. The summed E-state index contributed by atoms with van der Waals surface area (Å²) in [5.74, 6) is 0.942. The molecule has 0 bridgehead atoms. The second-order valence-electron chi connectivity index (χ2n) is 4.12. The molecule has 16 heavy (non-hydrogen) atoms. The topological polar surface area (TPSA) is 24.5 Å². The molecular formula is C12H17BrN2O. The lowest BCUT2D eigenvalue weighted by atomic mass is 10.2. The molecule has 0 saturated carbocycles. The highest BCUT2D eigenvalue weighted by Gasteiger charge is 2.18. The molecule has 1 unspecified atom stereocenters. The Bertz CT molecular complexity index is 370. The van der Waals surface area contributed by atoms with E-state index in [4.69, 9.17) is 4.74 Å². The van der Waals surface area contributed by atoms with E-state index in [-0.39, 0.29) is 0 Å². The molecule has 1 atom stereocenters. The fourth-order valence-electron chi connectivity index (χ4n) is 2.06. The molecule has 1 aromatic rings. The van der Waals surface area contributed by atoms with Gasteiger partial charge in [0.25, 0.3) is 0 Å². The van der Waals surface area contributed by atoms with Gasteiger partial charge in [-0.3, -0.25) is 0 Å². The number of rotatable bonds is 2. The first kappa shape index (κ1) is 11.7. The average Bonchev–Trinajstić information content (AvgIpc) is 2.29. The number of methoxy groups -OCH3 is 1. The minimum Gasteiger partial charge on any atom is -0.495 e. The first-order valence-electron chi connectivity index (χ1n) is 5.52. The summed E-state index contributed by atoms with van der Waals surface area (Å²) in [5.41, 5.74) is 1.17. The molecule has 1 aliphatic rings. The molecule has 1 saturated heterocycles. The number of hydrogen-bond donors (Lipinski definition) is 1. The second-order valence-corrected chi connectivity index (χ2v) is 5.03. The molecule has 1 fully saturated rings. The Hall–Kier alpha value is -0.740. The van der Waals surface area contributed by atoms with Crippen molar-refractivity contribution >= 4 is 21.6 Å². The standard InChI is InChI=1S/C12H17BrN2O/c1-9-8-15(6-5-14-9)11-7-10(13)3-4-12(11)16-2/h3-4,7,9,14H,5-6,8H2,1-2H3. The minimum atomic E-state index is 0.525. The summed E-state index contributed by atoms with van der Waals surface area (Å²) in [5, 5.41) is 3.44. The van der Waals surface area contributed by atoms with Crippen LogP contribution in [0.25, 0.3) is 0 Å². The summed E-state index contributed by atoms with van der Waals surface area (Å²) in [6.07, 6.45) is 0. The van der Waals surface area contributed by atoms with Crippen molar-refractivity contribution in [3.05, 3.63) is 22.7 Å². The van der Waals surface area contributed by atoms with Crippen LogP contribution in [-0.4, -0.2) is 32.8 Å². The lowest BCUT2D eigenvalue weighted by Gasteiger charge is -2.34.